The van der Waals surface area contributed by atoms with E-state index >= 15 is 0 Å². The summed E-state index contributed by atoms with van der Waals surface area (Å²) < 4.78 is 30.0. The number of urea groups is 1. The molecule has 8 heteroatoms. The second-order valence-corrected chi connectivity index (χ2v) is 7.80. The highest BCUT2D eigenvalue weighted by Crippen LogP contribution is 2.25. The molecule has 0 saturated carbocycles. The molecule has 2 amide bonds. The van der Waals surface area contributed by atoms with Crippen LogP contribution in [0.1, 0.15) is 27.0 Å². The molecule has 7 nitrogen and oxygen atoms in total. The molecule has 176 valence electrons. The zero-order valence-electron chi connectivity index (χ0n) is 18.8. The lowest BCUT2D eigenvalue weighted by Gasteiger charge is -2.21. The Hall–Kier alpha value is -3.91. The number of nitrogens with zero attached hydrogens (tertiary/aromatic N) is 1. The highest BCUT2D eigenvalue weighted by Gasteiger charge is 2.21. The van der Waals surface area contributed by atoms with E-state index in [1.165, 1.54) is 13.2 Å². The Morgan fingerprint density at radius 1 is 1.06 bits per heavy atom. The van der Waals surface area contributed by atoms with Gasteiger partial charge in [0.15, 0.2) is 0 Å². The Bertz CT molecular complexity index is 1180. The highest BCUT2D eigenvalue weighted by atomic mass is 19.1. The number of amides is 2. The van der Waals surface area contributed by atoms with Crippen molar-refractivity contribution in [3.63, 3.8) is 0 Å². The molecule has 0 aromatic heterocycles. The van der Waals surface area contributed by atoms with Crippen LogP contribution in [-0.2, 0) is 29.2 Å². The predicted molar refractivity (Wildman–Crippen MR) is 124 cm³/mol. The molecule has 1 heterocycles. The fraction of sp³-hybridized carbons (Fsp3) is 0.231. The van der Waals surface area contributed by atoms with Crippen LogP contribution in [0.2, 0.25) is 0 Å². The van der Waals surface area contributed by atoms with Gasteiger partial charge in [-0.2, -0.15) is 0 Å². The second-order valence-electron chi connectivity index (χ2n) is 7.80. The van der Waals surface area contributed by atoms with Gasteiger partial charge in [0.1, 0.15) is 18.2 Å². The summed E-state index contributed by atoms with van der Waals surface area (Å²) in [4.78, 5) is 26.3. The lowest BCUT2D eigenvalue weighted by atomic mass is 10.1. The van der Waals surface area contributed by atoms with Gasteiger partial charge in [0.05, 0.1) is 39.0 Å². The van der Waals surface area contributed by atoms with Gasteiger partial charge in [0, 0.05) is 16.8 Å². The molecule has 0 radical (unpaired) electrons. The van der Waals surface area contributed by atoms with Crippen LogP contribution < -0.4 is 10.1 Å². The topological polar surface area (TPSA) is 77.1 Å². The van der Waals surface area contributed by atoms with Crippen molar-refractivity contribution in [3.05, 3.63) is 94.8 Å². The average molecular weight is 464 g/mol. The van der Waals surface area contributed by atoms with E-state index in [2.05, 4.69) is 5.32 Å². The number of rotatable bonds is 6. The minimum absolute atomic E-state index is 0.166. The molecule has 3 aromatic rings. The molecule has 0 spiro atoms. The van der Waals surface area contributed by atoms with Crippen LogP contribution in [0.4, 0.5) is 14.9 Å². The standard InChI is InChI=1S/C26H25FN2O5/c1-32-25(30)19-6-4-7-22(14-19)28-26(31)29-11-12-34-24-10-9-18(13-21(24)15-29)16-33-17-20-5-2-3-8-23(20)27/h2-10,13-14H,11-12,15-17H2,1H3,(H,28,31). The minimum Gasteiger partial charge on any atom is -0.491 e. The fourth-order valence-corrected chi connectivity index (χ4v) is 3.65. The number of methoxy groups -OCH3 is 1. The lowest BCUT2D eigenvalue weighted by Crippen LogP contribution is -2.36. The normalized spacial score (nSPS) is 12.8. The van der Waals surface area contributed by atoms with Gasteiger partial charge >= 0.3 is 12.0 Å². The van der Waals surface area contributed by atoms with Crippen LogP contribution in [0.3, 0.4) is 0 Å². The maximum Gasteiger partial charge on any atom is 0.337 e. The van der Waals surface area contributed by atoms with Gasteiger partial charge in [-0.15, -0.1) is 0 Å². The molecule has 0 unspecified atom stereocenters. The van der Waals surface area contributed by atoms with Gasteiger partial charge in [0.25, 0.3) is 0 Å². The van der Waals surface area contributed by atoms with Gasteiger partial charge in [0.2, 0.25) is 0 Å². The van der Waals surface area contributed by atoms with Crippen molar-refractivity contribution in [3.8, 4) is 5.75 Å². The molecule has 0 bridgehead atoms. The Morgan fingerprint density at radius 2 is 1.91 bits per heavy atom. The van der Waals surface area contributed by atoms with Crippen LogP contribution in [0.15, 0.2) is 66.7 Å². The summed E-state index contributed by atoms with van der Waals surface area (Å²) in [7, 11) is 1.31. The van der Waals surface area contributed by atoms with Crippen molar-refractivity contribution >= 4 is 17.7 Å². The molecule has 0 atom stereocenters. The Balaban J connectivity index is 1.40. The molecule has 34 heavy (non-hydrogen) atoms. The number of halogens is 1. The van der Waals surface area contributed by atoms with Crippen molar-refractivity contribution in [1.82, 2.24) is 4.90 Å². The van der Waals surface area contributed by atoms with Gasteiger partial charge in [-0.1, -0.05) is 30.3 Å². The third-order valence-corrected chi connectivity index (χ3v) is 5.41. The quantitative estimate of drug-likeness (QED) is 0.533. The first-order valence-corrected chi connectivity index (χ1v) is 10.8. The zero-order valence-corrected chi connectivity index (χ0v) is 18.8. The first kappa shape index (κ1) is 23.3. The molecule has 3 aromatic carbocycles. The summed E-state index contributed by atoms with van der Waals surface area (Å²) in [6.07, 6.45) is 0. The third kappa shape index (κ3) is 5.71. The van der Waals surface area contributed by atoms with Crippen molar-refractivity contribution < 1.29 is 28.2 Å². The fourth-order valence-electron chi connectivity index (χ4n) is 3.65. The van der Waals surface area contributed by atoms with E-state index < -0.39 is 5.97 Å². The number of ether oxygens (including phenoxy) is 3. The van der Waals surface area contributed by atoms with E-state index in [1.54, 1.807) is 47.4 Å². The first-order chi connectivity index (χ1) is 16.5. The second kappa shape index (κ2) is 10.8. The van der Waals surface area contributed by atoms with Crippen LogP contribution in [0.5, 0.6) is 5.75 Å². The van der Waals surface area contributed by atoms with E-state index in [-0.39, 0.29) is 18.5 Å². The van der Waals surface area contributed by atoms with E-state index in [1.807, 2.05) is 18.2 Å². The van der Waals surface area contributed by atoms with Crippen molar-refractivity contribution in [2.75, 3.05) is 25.6 Å². The number of esters is 1. The summed E-state index contributed by atoms with van der Waals surface area (Å²) in [6.45, 7) is 1.56. The number of carbonyl (C=O) groups is 2. The number of hydrogen-bond donors (Lipinski definition) is 1. The van der Waals surface area contributed by atoms with E-state index in [4.69, 9.17) is 14.2 Å². The van der Waals surface area contributed by atoms with E-state index in [0.717, 1.165) is 11.1 Å². The van der Waals surface area contributed by atoms with Crippen molar-refractivity contribution in [1.29, 1.82) is 0 Å². The Labute approximate surface area is 197 Å². The van der Waals surface area contributed by atoms with Gasteiger partial charge in [-0.3, -0.25) is 0 Å². The Morgan fingerprint density at radius 3 is 2.74 bits per heavy atom. The first-order valence-electron chi connectivity index (χ1n) is 10.8. The largest absolute Gasteiger partial charge is 0.491 e. The molecule has 0 aliphatic carbocycles. The van der Waals surface area contributed by atoms with Crippen LogP contribution in [0, 0.1) is 5.82 Å². The number of benzene rings is 3. The summed E-state index contributed by atoms with van der Waals surface area (Å²) in [5, 5.41) is 2.83. The zero-order chi connectivity index (χ0) is 23.9. The van der Waals surface area contributed by atoms with E-state index in [0.29, 0.717) is 48.9 Å². The lowest BCUT2D eigenvalue weighted by molar-refractivity contribution is 0.0600. The molecule has 1 aliphatic heterocycles. The third-order valence-electron chi connectivity index (χ3n) is 5.41. The van der Waals surface area contributed by atoms with Gasteiger partial charge in [-0.05, 0) is 42.0 Å². The maximum absolute atomic E-state index is 13.8. The predicted octanol–water partition coefficient (Wildman–Crippen LogP) is 4.76. The number of anilines is 1. The number of fused-ring (bicyclic) bond motifs is 1. The van der Waals surface area contributed by atoms with Crippen molar-refractivity contribution in [2.24, 2.45) is 0 Å². The molecular weight excluding hydrogens is 439 g/mol. The molecule has 1 aliphatic rings. The number of nitrogens with one attached hydrogen (secondary N) is 1. The number of hydrogen-bond acceptors (Lipinski definition) is 5. The van der Waals surface area contributed by atoms with Gasteiger partial charge < -0.3 is 24.4 Å². The molecule has 0 fully saturated rings. The van der Waals surface area contributed by atoms with Crippen LogP contribution in [0.25, 0.3) is 0 Å². The maximum atomic E-state index is 13.8. The summed E-state index contributed by atoms with van der Waals surface area (Å²) in [6, 6.07) is 18.5. The molecule has 0 saturated heterocycles. The van der Waals surface area contributed by atoms with Crippen LogP contribution in [-0.4, -0.2) is 37.2 Å². The highest BCUT2D eigenvalue weighted by molar-refractivity contribution is 5.94. The average Bonchev–Trinajstić information content (AvgIpc) is 3.07. The minimum atomic E-state index is -0.474. The van der Waals surface area contributed by atoms with Crippen LogP contribution >= 0.6 is 0 Å². The van der Waals surface area contributed by atoms with E-state index in [9.17, 15) is 14.0 Å². The summed E-state index contributed by atoms with van der Waals surface area (Å²) in [5.41, 5.74) is 3.09. The van der Waals surface area contributed by atoms with Crippen molar-refractivity contribution in [2.45, 2.75) is 19.8 Å². The van der Waals surface area contributed by atoms with Gasteiger partial charge in [-0.25, -0.2) is 14.0 Å². The molecule has 4 rings (SSSR count). The smallest absolute Gasteiger partial charge is 0.337 e. The summed E-state index contributed by atoms with van der Waals surface area (Å²) >= 11 is 0. The number of carbonyl (C=O) groups excluding carboxylic acids is 2. The summed E-state index contributed by atoms with van der Waals surface area (Å²) in [5.74, 6) is -0.0598. The molecule has 1 N–H and O–H groups in total. The SMILES string of the molecule is COC(=O)c1cccc(NC(=O)N2CCOc3ccc(COCc4ccccc4F)cc3C2)c1. The molecular formula is C26H25FN2O5. The Kier molecular flexibility index (Phi) is 7.39. The monoisotopic (exact) mass is 464 g/mol.